The topological polar surface area (TPSA) is 0 Å². The molecule has 0 nitrogen and oxygen atoms in total. The molecule has 0 saturated carbocycles. The zero-order chi connectivity index (χ0) is 5.98. The maximum absolute atomic E-state index is 4.87. The molecule has 3 heteroatoms. The molecule has 1 rings (SSSR count). The molecular weight excluding hydrogens is 204 g/mol. The molecule has 42 valence electrons. The SMILES string of the molecule is S=c1ccc(Br)cs1. The van der Waals surface area contributed by atoms with E-state index in [-0.39, 0.29) is 0 Å². The maximum atomic E-state index is 4.87. The average Bonchev–Trinajstić information content (AvgIpc) is 1.77. The van der Waals surface area contributed by atoms with E-state index in [1.807, 2.05) is 17.5 Å². The molecule has 0 radical (unpaired) electrons. The van der Waals surface area contributed by atoms with E-state index in [0.29, 0.717) is 0 Å². The zero-order valence-electron chi connectivity index (χ0n) is 3.93. The average molecular weight is 207 g/mol. The minimum absolute atomic E-state index is 0.924. The summed E-state index contributed by atoms with van der Waals surface area (Å²) in [5.74, 6) is 0. The molecule has 0 aliphatic rings. The predicted octanol–water partition coefficient (Wildman–Crippen LogP) is 3.24. The van der Waals surface area contributed by atoms with Crippen LogP contribution in [0.25, 0.3) is 0 Å². The van der Waals surface area contributed by atoms with Crippen LogP contribution in [-0.2, 0) is 0 Å². The highest BCUT2D eigenvalue weighted by Gasteiger charge is 1.79. The molecule has 0 amide bonds. The van der Waals surface area contributed by atoms with Crippen LogP contribution in [0.3, 0.4) is 0 Å². The molecule has 1 aromatic rings. The molecule has 0 fully saturated rings. The molecule has 1 heterocycles. The first-order valence-corrected chi connectivity index (χ1v) is 4.11. The second kappa shape index (κ2) is 2.71. The summed E-state index contributed by atoms with van der Waals surface area (Å²) in [6, 6.07) is 3.85. The molecular formula is C5H3BrS2. The van der Waals surface area contributed by atoms with E-state index < -0.39 is 0 Å². The molecule has 0 N–H and O–H groups in total. The first-order valence-electron chi connectivity index (χ1n) is 2.03. The maximum Gasteiger partial charge on any atom is 0.0899 e. The van der Waals surface area contributed by atoms with Gasteiger partial charge in [-0.15, -0.1) is 11.3 Å². The van der Waals surface area contributed by atoms with Crippen LogP contribution in [0.15, 0.2) is 22.0 Å². The molecule has 0 bridgehead atoms. The van der Waals surface area contributed by atoms with Crippen molar-refractivity contribution in [1.29, 1.82) is 0 Å². The van der Waals surface area contributed by atoms with Gasteiger partial charge in [0.25, 0.3) is 0 Å². The van der Waals surface area contributed by atoms with Crippen molar-refractivity contribution >= 4 is 39.5 Å². The summed E-state index contributed by atoms with van der Waals surface area (Å²) in [6.07, 6.45) is 0. The molecule has 8 heavy (non-hydrogen) atoms. The third-order valence-corrected chi connectivity index (χ3v) is 2.63. The van der Waals surface area contributed by atoms with Crippen LogP contribution >= 0.6 is 39.5 Å². The Kier molecular flexibility index (Phi) is 2.16. The Morgan fingerprint density at radius 3 is 2.62 bits per heavy atom. The van der Waals surface area contributed by atoms with Gasteiger partial charge < -0.3 is 0 Å². The largest absolute Gasteiger partial charge is 0.131 e. The second-order valence-corrected chi connectivity index (χ2v) is 3.80. The van der Waals surface area contributed by atoms with Gasteiger partial charge in [-0.3, -0.25) is 0 Å². The van der Waals surface area contributed by atoms with Crippen molar-refractivity contribution in [2.45, 2.75) is 0 Å². The van der Waals surface area contributed by atoms with E-state index in [1.54, 1.807) is 11.3 Å². The summed E-state index contributed by atoms with van der Waals surface area (Å²) < 4.78 is 2.02. The molecule has 0 aliphatic heterocycles. The lowest BCUT2D eigenvalue weighted by molar-refractivity contribution is 1.78. The highest BCUT2D eigenvalue weighted by molar-refractivity contribution is 9.10. The van der Waals surface area contributed by atoms with Crippen molar-refractivity contribution in [3.8, 4) is 0 Å². The van der Waals surface area contributed by atoms with Gasteiger partial charge in [-0.1, -0.05) is 12.2 Å². The Labute approximate surface area is 65.3 Å². The van der Waals surface area contributed by atoms with E-state index in [0.717, 1.165) is 8.30 Å². The summed E-state index contributed by atoms with van der Waals surface area (Å²) >= 11 is 9.74. The number of halogens is 1. The summed E-state index contributed by atoms with van der Waals surface area (Å²) in [6.45, 7) is 0. The van der Waals surface area contributed by atoms with Crippen molar-refractivity contribution in [2.75, 3.05) is 0 Å². The first kappa shape index (κ1) is 6.39. The first-order chi connectivity index (χ1) is 3.79. The molecule has 1 aromatic heterocycles. The quantitative estimate of drug-likeness (QED) is 0.588. The lowest BCUT2D eigenvalue weighted by Gasteiger charge is -1.81. The molecule has 0 aromatic carbocycles. The van der Waals surface area contributed by atoms with E-state index in [4.69, 9.17) is 12.2 Å². The highest BCUT2D eigenvalue weighted by Crippen LogP contribution is 2.11. The fourth-order valence-electron chi connectivity index (χ4n) is 0.341. The van der Waals surface area contributed by atoms with Crippen LogP contribution in [-0.4, -0.2) is 0 Å². The van der Waals surface area contributed by atoms with Crippen LogP contribution in [0.1, 0.15) is 0 Å². The zero-order valence-corrected chi connectivity index (χ0v) is 7.15. The van der Waals surface area contributed by atoms with Crippen LogP contribution in [0.2, 0.25) is 0 Å². The van der Waals surface area contributed by atoms with Crippen LogP contribution < -0.4 is 0 Å². The molecule has 0 aliphatic carbocycles. The van der Waals surface area contributed by atoms with Crippen molar-refractivity contribution in [3.63, 3.8) is 0 Å². The fraction of sp³-hybridized carbons (Fsp3) is 0. The Morgan fingerprint density at radius 1 is 1.50 bits per heavy atom. The third-order valence-electron chi connectivity index (χ3n) is 0.666. The Hall–Kier alpha value is 0.270. The van der Waals surface area contributed by atoms with E-state index in [1.165, 1.54) is 0 Å². The summed E-state index contributed by atoms with van der Waals surface area (Å²) in [5.41, 5.74) is 0. The minimum Gasteiger partial charge on any atom is -0.131 e. The minimum atomic E-state index is 0.924. The van der Waals surface area contributed by atoms with Gasteiger partial charge in [0, 0.05) is 9.85 Å². The lowest BCUT2D eigenvalue weighted by atomic mass is 10.6. The van der Waals surface area contributed by atoms with Crippen molar-refractivity contribution in [2.24, 2.45) is 0 Å². The third kappa shape index (κ3) is 1.65. The Bertz CT molecular complexity index is 208. The van der Waals surface area contributed by atoms with Crippen LogP contribution in [0.5, 0.6) is 0 Å². The normalized spacial score (nSPS) is 9.12. The Morgan fingerprint density at radius 2 is 2.25 bits per heavy atom. The highest BCUT2D eigenvalue weighted by atomic mass is 79.9. The van der Waals surface area contributed by atoms with Crippen LogP contribution in [0.4, 0.5) is 0 Å². The van der Waals surface area contributed by atoms with Gasteiger partial charge in [-0.25, -0.2) is 0 Å². The summed E-state index contributed by atoms with van der Waals surface area (Å²) in [4.78, 5) is 0. The fourth-order valence-corrected chi connectivity index (χ4v) is 1.42. The molecule has 0 unspecified atom stereocenters. The standard InChI is InChI=1S/C5H3BrS2/c6-4-1-2-5(7)8-3-4/h1-3H. The van der Waals surface area contributed by atoms with Crippen molar-refractivity contribution < 1.29 is 0 Å². The number of hydrogen-bond acceptors (Lipinski definition) is 2. The summed E-state index contributed by atoms with van der Waals surface area (Å²) in [7, 11) is 0. The summed E-state index contributed by atoms with van der Waals surface area (Å²) in [5, 5.41) is 1.97. The van der Waals surface area contributed by atoms with Crippen molar-refractivity contribution in [1.82, 2.24) is 0 Å². The molecule has 0 atom stereocenters. The van der Waals surface area contributed by atoms with Crippen LogP contribution in [0, 0.1) is 3.82 Å². The van der Waals surface area contributed by atoms with Gasteiger partial charge in [0.2, 0.25) is 0 Å². The lowest BCUT2D eigenvalue weighted by Crippen LogP contribution is -1.55. The van der Waals surface area contributed by atoms with Gasteiger partial charge in [0.05, 0.1) is 3.82 Å². The number of rotatable bonds is 0. The van der Waals surface area contributed by atoms with Crippen molar-refractivity contribution in [3.05, 3.63) is 25.8 Å². The molecule has 0 spiro atoms. The monoisotopic (exact) mass is 206 g/mol. The van der Waals surface area contributed by atoms with E-state index in [9.17, 15) is 0 Å². The smallest absolute Gasteiger partial charge is 0.0899 e. The molecule has 0 saturated heterocycles. The van der Waals surface area contributed by atoms with Gasteiger partial charge in [-0.2, -0.15) is 0 Å². The Balaban J connectivity index is 3.22. The van der Waals surface area contributed by atoms with Gasteiger partial charge >= 0.3 is 0 Å². The predicted molar refractivity (Wildman–Crippen MR) is 42.9 cm³/mol. The van der Waals surface area contributed by atoms with E-state index >= 15 is 0 Å². The van der Waals surface area contributed by atoms with Gasteiger partial charge in [0.1, 0.15) is 0 Å². The van der Waals surface area contributed by atoms with Gasteiger partial charge in [0.15, 0.2) is 0 Å². The van der Waals surface area contributed by atoms with E-state index in [2.05, 4.69) is 15.9 Å². The van der Waals surface area contributed by atoms with Gasteiger partial charge in [-0.05, 0) is 28.1 Å². The number of hydrogen-bond donors (Lipinski definition) is 0. The second-order valence-electron chi connectivity index (χ2n) is 1.27.